The molecule has 4 heteroatoms. The Morgan fingerprint density at radius 1 is 1.20 bits per heavy atom. The van der Waals surface area contributed by atoms with Crippen LogP contribution in [0.4, 0.5) is 0 Å². The summed E-state index contributed by atoms with van der Waals surface area (Å²) in [4.78, 5) is 4.50. The smallest absolute Gasteiger partial charge is 0.232 e. The van der Waals surface area contributed by atoms with E-state index in [1.165, 1.54) is 12.8 Å². The number of rotatable bonds is 4. The summed E-state index contributed by atoms with van der Waals surface area (Å²) in [5.74, 6) is 1.58. The van der Waals surface area contributed by atoms with E-state index in [-0.39, 0.29) is 5.92 Å². The van der Waals surface area contributed by atoms with Crippen LogP contribution in [0.15, 0.2) is 34.9 Å². The number of hydrogen-bond donors (Lipinski definition) is 1. The predicted molar refractivity (Wildman–Crippen MR) is 75.3 cm³/mol. The van der Waals surface area contributed by atoms with Gasteiger partial charge in [0, 0.05) is 5.92 Å². The minimum absolute atomic E-state index is 0.194. The Morgan fingerprint density at radius 2 is 1.90 bits per heavy atom. The Bertz CT molecular complexity index is 547. The van der Waals surface area contributed by atoms with Gasteiger partial charge in [0.05, 0.1) is 12.0 Å². The Morgan fingerprint density at radius 3 is 2.60 bits per heavy atom. The highest BCUT2D eigenvalue weighted by Crippen LogP contribution is 2.34. The fraction of sp³-hybridized carbons (Fsp3) is 0.500. The van der Waals surface area contributed by atoms with Crippen molar-refractivity contribution in [3.63, 3.8) is 0 Å². The molecule has 0 saturated heterocycles. The summed E-state index contributed by atoms with van der Waals surface area (Å²) in [6, 6.07) is 9.60. The molecular formula is C16H20N2O2. The highest BCUT2D eigenvalue weighted by molar-refractivity contribution is 5.20. The van der Waals surface area contributed by atoms with E-state index in [2.05, 4.69) is 10.1 Å². The maximum absolute atomic E-state index is 10.4. The van der Waals surface area contributed by atoms with E-state index >= 15 is 0 Å². The van der Waals surface area contributed by atoms with Crippen molar-refractivity contribution < 1.29 is 9.63 Å². The van der Waals surface area contributed by atoms with Crippen LogP contribution in [-0.4, -0.2) is 15.2 Å². The quantitative estimate of drug-likeness (QED) is 0.924. The minimum atomic E-state index is -0.618. The average Bonchev–Trinajstić information content (AvgIpc) is 3.17. The molecule has 1 aromatic carbocycles. The monoisotopic (exact) mass is 272 g/mol. The zero-order chi connectivity index (χ0) is 13.9. The second kappa shape index (κ2) is 5.75. The van der Waals surface area contributed by atoms with Crippen molar-refractivity contribution in [2.24, 2.45) is 0 Å². The fourth-order valence-corrected chi connectivity index (χ4v) is 2.86. The van der Waals surface area contributed by atoms with Crippen LogP contribution >= 0.6 is 0 Å². The van der Waals surface area contributed by atoms with Gasteiger partial charge in [-0.1, -0.05) is 55.3 Å². The molecule has 1 fully saturated rings. The lowest BCUT2D eigenvalue weighted by molar-refractivity contribution is 0.135. The largest absolute Gasteiger partial charge is 0.388 e. The van der Waals surface area contributed by atoms with E-state index < -0.39 is 6.10 Å². The third kappa shape index (κ3) is 2.61. The van der Waals surface area contributed by atoms with Gasteiger partial charge >= 0.3 is 0 Å². The topological polar surface area (TPSA) is 59.2 Å². The van der Waals surface area contributed by atoms with Gasteiger partial charge in [0.25, 0.3) is 0 Å². The van der Waals surface area contributed by atoms with Crippen LogP contribution in [-0.2, 0) is 0 Å². The molecule has 3 rings (SSSR count). The van der Waals surface area contributed by atoms with Gasteiger partial charge in [0.15, 0.2) is 5.82 Å². The van der Waals surface area contributed by atoms with E-state index in [0.717, 1.165) is 24.2 Å². The Labute approximate surface area is 118 Å². The first-order valence-corrected chi connectivity index (χ1v) is 7.32. The van der Waals surface area contributed by atoms with Crippen molar-refractivity contribution in [2.75, 3.05) is 0 Å². The lowest BCUT2D eigenvalue weighted by atomic mass is 9.97. The van der Waals surface area contributed by atoms with Crippen LogP contribution in [0.5, 0.6) is 0 Å². The van der Waals surface area contributed by atoms with Gasteiger partial charge in [-0.05, 0) is 18.4 Å². The van der Waals surface area contributed by atoms with Crippen molar-refractivity contribution in [3.8, 4) is 0 Å². The molecule has 1 heterocycles. The molecular weight excluding hydrogens is 252 g/mol. The van der Waals surface area contributed by atoms with Gasteiger partial charge in [-0.2, -0.15) is 4.98 Å². The molecule has 4 nitrogen and oxygen atoms in total. The number of benzene rings is 1. The number of aromatic nitrogens is 2. The average molecular weight is 272 g/mol. The highest BCUT2D eigenvalue weighted by atomic mass is 16.5. The molecule has 0 amide bonds. The van der Waals surface area contributed by atoms with E-state index in [0.29, 0.717) is 11.8 Å². The molecule has 106 valence electrons. The second-order valence-electron chi connectivity index (χ2n) is 5.62. The molecule has 1 aliphatic rings. The molecule has 2 atom stereocenters. The van der Waals surface area contributed by atoms with Crippen molar-refractivity contribution in [1.29, 1.82) is 0 Å². The summed E-state index contributed by atoms with van der Waals surface area (Å²) in [7, 11) is 0. The van der Waals surface area contributed by atoms with Crippen LogP contribution in [0, 0.1) is 0 Å². The second-order valence-corrected chi connectivity index (χ2v) is 5.62. The van der Waals surface area contributed by atoms with Gasteiger partial charge in [0.1, 0.15) is 0 Å². The van der Waals surface area contributed by atoms with Gasteiger partial charge in [-0.25, -0.2) is 0 Å². The molecule has 0 radical (unpaired) electrons. The van der Waals surface area contributed by atoms with Gasteiger partial charge in [-0.3, -0.25) is 0 Å². The number of nitrogens with zero attached hydrogens (tertiary/aromatic N) is 2. The van der Waals surface area contributed by atoms with Crippen LogP contribution in [0.25, 0.3) is 0 Å². The van der Waals surface area contributed by atoms with E-state index in [4.69, 9.17) is 4.52 Å². The summed E-state index contributed by atoms with van der Waals surface area (Å²) >= 11 is 0. The summed E-state index contributed by atoms with van der Waals surface area (Å²) in [6.07, 6.45) is 4.17. The zero-order valence-corrected chi connectivity index (χ0v) is 11.7. The maximum Gasteiger partial charge on any atom is 0.232 e. The first-order chi connectivity index (χ1) is 9.75. The van der Waals surface area contributed by atoms with Crippen LogP contribution in [0.2, 0.25) is 0 Å². The molecule has 1 aliphatic carbocycles. The molecule has 20 heavy (non-hydrogen) atoms. The molecule has 0 spiro atoms. The van der Waals surface area contributed by atoms with Gasteiger partial charge in [-0.15, -0.1) is 0 Å². The number of aliphatic hydroxyl groups excluding tert-OH is 1. The Hall–Kier alpha value is -1.68. The summed E-state index contributed by atoms with van der Waals surface area (Å²) in [5.41, 5.74) is 0.876. The minimum Gasteiger partial charge on any atom is -0.388 e. The molecule has 2 unspecified atom stereocenters. The first kappa shape index (κ1) is 13.3. The van der Waals surface area contributed by atoms with E-state index in [1.54, 1.807) is 0 Å². The molecule has 1 saturated carbocycles. The lowest BCUT2D eigenvalue weighted by Gasteiger charge is -2.15. The van der Waals surface area contributed by atoms with E-state index in [9.17, 15) is 5.11 Å². The first-order valence-electron chi connectivity index (χ1n) is 7.32. The van der Waals surface area contributed by atoms with Crippen molar-refractivity contribution in [3.05, 3.63) is 47.6 Å². The van der Waals surface area contributed by atoms with Crippen molar-refractivity contribution in [1.82, 2.24) is 10.1 Å². The summed E-state index contributed by atoms with van der Waals surface area (Å²) < 4.78 is 5.36. The normalized spacial score (nSPS) is 19.1. The van der Waals surface area contributed by atoms with Crippen molar-refractivity contribution in [2.45, 2.75) is 50.5 Å². The molecule has 1 N–H and O–H groups in total. The zero-order valence-electron chi connectivity index (χ0n) is 11.7. The predicted octanol–water partition coefficient (Wildman–Crippen LogP) is 3.56. The third-order valence-corrected chi connectivity index (χ3v) is 4.18. The van der Waals surface area contributed by atoms with Crippen molar-refractivity contribution >= 4 is 0 Å². The lowest BCUT2D eigenvalue weighted by Crippen LogP contribution is -2.08. The van der Waals surface area contributed by atoms with E-state index in [1.807, 2.05) is 37.3 Å². The maximum atomic E-state index is 10.4. The van der Waals surface area contributed by atoms with Crippen LogP contribution < -0.4 is 0 Å². The Balaban J connectivity index is 1.75. The molecule has 0 bridgehead atoms. The summed E-state index contributed by atoms with van der Waals surface area (Å²) in [6.45, 7) is 1.92. The molecule has 1 aromatic heterocycles. The fourth-order valence-electron chi connectivity index (χ4n) is 2.86. The molecule has 2 aromatic rings. The van der Waals surface area contributed by atoms with Gasteiger partial charge < -0.3 is 9.63 Å². The summed E-state index contributed by atoms with van der Waals surface area (Å²) in [5, 5.41) is 14.5. The standard InChI is InChI=1S/C16H20N2O2/c1-11(14(19)12-7-3-2-4-8-12)16-17-15(18-20-16)13-9-5-6-10-13/h2-4,7-8,11,13-14,19H,5-6,9-10H2,1H3. The Kier molecular flexibility index (Phi) is 3.83. The number of aliphatic hydroxyl groups is 1. The van der Waals surface area contributed by atoms with Crippen LogP contribution in [0.1, 0.15) is 67.8 Å². The van der Waals surface area contributed by atoms with Crippen LogP contribution in [0.3, 0.4) is 0 Å². The highest BCUT2D eigenvalue weighted by Gasteiger charge is 2.27. The third-order valence-electron chi connectivity index (χ3n) is 4.18. The number of hydrogen-bond acceptors (Lipinski definition) is 4. The van der Waals surface area contributed by atoms with Gasteiger partial charge in [0.2, 0.25) is 5.89 Å². The SMILES string of the molecule is CC(c1nc(C2CCCC2)no1)C(O)c1ccccc1. The molecule has 0 aliphatic heterocycles.